The van der Waals surface area contributed by atoms with Gasteiger partial charge in [0.2, 0.25) is 0 Å². The number of alkyl halides is 3. The van der Waals surface area contributed by atoms with E-state index in [0.717, 1.165) is 17.1 Å². The number of rotatable bonds is 3. The summed E-state index contributed by atoms with van der Waals surface area (Å²) in [5.41, 5.74) is 0.717. The standard InChI is InChI=1S/C13H13F4N3O2S/c1-7(2)9-4-8(3)11(23(17,21)22)5-10(9)20-6-18-12(19-20)13(14,15)16/h4-7H,1-3H3. The largest absolute Gasteiger partial charge is 0.453 e. The van der Waals surface area contributed by atoms with Crippen LogP contribution in [0, 0.1) is 6.92 Å². The molecule has 0 atom stereocenters. The minimum Gasteiger partial charge on any atom is -0.220 e. The van der Waals surface area contributed by atoms with Gasteiger partial charge in [0.25, 0.3) is 5.82 Å². The molecule has 1 heterocycles. The first kappa shape index (κ1) is 17.4. The second-order valence-electron chi connectivity index (χ2n) is 5.28. The van der Waals surface area contributed by atoms with Gasteiger partial charge in [-0.3, -0.25) is 0 Å². The highest BCUT2D eigenvalue weighted by molar-refractivity contribution is 7.86. The molecule has 0 aliphatic carbocycles. The molecule has 0 amide bonds. The van der Waals surface area contributed by atoms with E-state index in [9.17, 15) is 25.5 Å². The van der Waals surface area contributed by atoms with Crippen LogP contribution in [0.2, 0.25) is 0 Å². The van der Waals surface area contributed by atoms with Crippen molar-refractivity contribution in [3.05, 3.63) is 35.4 Å². The zero-order valence-electron chi connectivity index (χ0n) is 12.4. The van der Waals surface area contributed by atoms with Crippen LogP contribution < -0.4 is 0 Å². The van der Waals surface area contributed by atoms with Crippen LogP contribution in [0.3, 0.4) is 0 Å². The quantitative estimate of drug-likeness (QED) is 0.628. The average molecular weight is 351 g/mol. The van der Waals surface area contributed by atoms with Crippen LogP contribution in [0.1, 0.15) is 36.7 Å². The number of halogens is 4. The molecular weight excluding hydrogens is 338 g/mol. The van der Waals surface area contributed by atoms with E-state index in [1.807, 2.05) is 0 Å². The molecule has 23 heavy (non-hydrogen) atoms. The van der Waals surface area contributed by atoms with Crippen LogP contribution >= 0.6 is 0 Å². The summed E-state index contributed by atoms with van der Waals surface area (Å²) in [5, 5.41) is 3.31. The van der Waals surface area contributed by atoms with Crippen molar-refractivity contribution in [1.29, 1.82) is 0 Å². The van der Waals surface area contributed by atoms with E-state index in [2.05, 4.69) is 10.1 Å². The van der Waals surface area contributed by atoms with Gasteiger partial charge in [0.1, 0.15) is 11.2 Å². The molecule has 0 saturated carbocycles. The summed E-state index contributed by atoms with van der Waals surface area (Å²) in [6.45, 7) is 4.94. The molecule has 1 aromatic heterocycles. The van der Waals surface area contributed by atoms with Crippen molar-refractivity contribution in [1.82, 2.24) is 14.8 Å². The van der Waals surface area contributed by atoms with Crippen molar-refractivity contribution in [2.45, 2.75) is 37.8 Å². The first-order valence-corrected chi connectivity index (χ1v) is 7.88. The molecule has 10 heteroatoms. The molecular formula is C13H13F4N3O2S. The highest BCUT2D eigenvalue weighted by Crippen LogP contribution is 2.31. The van der Waals surface area contributed by atoms with Gasteiger partial charge >= 0.3 is 16.4 Å². The molecule has 1 aromatic carbocycles. The van der Waals surface area contributed by atoms with E-state index >= 15 is 0 Å². The second-order valence-corrected chi connectivity index (χ2v) is 6.60. The monoisotopic (exact) mass is 351 g/mol. The minimum atomic E-state index is -5.01. The predicted molar refractivity (Wildman–Crippen MR) is 73.5 cm³/mol. The van der Waals surface area contributed by atoms with Crippen LogP contribution in [0.15, 0.2) is 23.4 Å². The molecule has 0 spiro atoms. The maximum absolute atomic E-state index is 13.4. The molecule has 2 rings (SSSR count). The smallest absolute Gasteiger partial charge is 0.220 e. The lowest BCUT2D eigenvalue weighted by Gasteiger charge is -2.15. The molecule has 126 valence electrons. The Morgan fingerprint density at radius 2 is 1.83 bits per heavy atom. The Bertz CT molecular complexity index is 841. The minimum absolute atomic E-state index is 0.0322. The van der Waals surface area contributed by atoms with E-state index < -0.39 is 27.1 Å². The van der Waals surface area contributed by atoms with Gasteiger partial charge in [-0.25, -0.2) is 9.67 Å². The molecule has 0 aliphatic rings. The zero-order chi connectivity index (χ0) is 17.6. The Balaban J connectivity index is 2.71. The van der Waals surface area contributed by atoms with Crippen LogP contribution in [-0.2, 0) is 16.4 Å². The third-order valence-corrected chi connectivity index (χ3v) is 4.17. The number of nitrogens with zero attached hydrogens (tertiary/aromatic N) is 3. The van der Waals surface area contributed by atoms with E-state index in [0.29, 0.717) is 5.56 Å². The van der Waals surface area contributed by atoms with Crippen LogP contribution in [0.4, 0.5) is 17.1 Å². The van der Waals surface area contributed by atoms with Crippen molar-refractivity contribution in [2.75, 3.05) is 0 Å². The fourth-order valence-corrected chi connectivity index (χ4v) is 2.83. The third kappa shape index (κ3) is 3.52. The maximum atomic E-state index is 13.4. The molecule has 0 unspecified atom stereocenters. The van der Waals surface area contributed by atoms with Crippen molar-refractivity contribution in [3.8, 4) is 5.69 Å². The van der Waals surface area contributed by atoms with Gasteiger partial charge in [0.05, 0.1) is 5.69 Å². The fraction of sp³-hybridized carbons (Fsp3) is 0.385. The lowest BCUT2D eigenvalue weighted by atomic mass is 9.99. The fourth-order valence-electron chi connectivity index (χ4n) is 2.13. The lowest BCUT2D eigenvalue weighted by molar-refractivity contribution is -0.144. The molecule has 0 fully saturated rings. The van der Waals surface area contributed by atoms with E-state index in [1.54, 1.807) is 13.8 Å². The SMILES string of the molecule is Cc1cc(C(C)C)c(-n2cnc(C(F)(F)F)n2)cc1S(=O)(=O)F. The Morgan fingerprint density at radius 1 is 1.22 bits per heavy atom. The number of aromatic nitrogens is 3. The summed E-state index contributed by atoms with van der Waals surface area (Å²) in [6, 6.07) is 2.39. The van der Waals surface area contributed by atoms with Gasteiger partial charge in [-0.2, -0.15) is 21.6 Å². The average Bonchev–Trinajstić information content (AvgIpc) is 2.86. The van der Waals surface area contributed by atoms with Gasteiger partial charge in [-0.05, 0) is 30.0 Å². The van der Waals surface area contributed by atoms with Gasteiger partial charge in [-0.15, -0.1) is 8.98 Å². The summed E-state index contributed by atoms with van der Waals surface area (Å²) >= 11 is 0. The van der Waals surface area contributed by atoms with E-state index in [1.165, 1.54) is 13.0 Å². The van der Waals surface area contributed by atoms with Gasteiger partial charge < -0.3 is 0 Å². The molecule has 0 bridgehead atoms. The highest BCUT2D eigenvalue weighted by atomic mass is 32.3. The van der Waals surface area contributed by atoms with Crippen molar-refractivity contribution >= 4 is 10.2 Å². The van der Waals surface area contributed by atoms with E-state index in [-0.39, 0.29) is 17.2 Å². The van der Waals surface area contributed by atoms with Gasteiger partial charge in [0.15, 0.2) is 0 Å². The van der Waals surface area contributed by atoms with Crippen molar-refractivity contribution in [3.63, 3.8) is 0 Å². The number of benzene rings is 1. The molecule has 0 radical (unpaired) electrons. The first-order chi connectivity index (χ1) is 10.4. The Kier molecular flexibility index (Phi) is 4.22. The molecule has 0 aliphatic heterocycles. The Morgan fingerprint density at radius 3 is 2.26 bits per heavy atom. The summed E-state index contributed by atoms with van der Waals surface area (Å²) in [6.07, 6.45) is -3.92. The Hall–Kier alpha value is -1.97. The van der Waals surface area contributed by atoms with Gasteiger partial charge in [-0.1, -0.05) is 19.9 Å². The van der Waals surface area contributed by atoms with Gasteiger partial charge in [0, 0.05) is 0 Å². The number of hydrogen-bond donors (Lipinski definition) is 0. The summed E-state index contributed by atoms with van der Waals surface area (Å²) < 4.78 is 74.4. The van der Waals surface area contributed by atoms with E-state index in [4.69, 9.17) is 0 Å². The van der Waals surface area contributed by atoms with Crippen LogP contribution in [0.25, 0.3) is 5.69 Å². The van der Waals surface area contributed by atoms with Crippen molar-refractivity contribution in [2.24, 2.45) is 0 Å². The Labute approximate surface area is 130 Å². The first-order valence-electron chi connectivity index (χ1n) is 6.49. The molecule has 2 aromatic rings. The number of hydrogen-bond acceptors (Lipinski definition) is 4. The second kappa shape index (κ2) is 5.59. The lowest BCUT2D eigenvalue weighted by Crippen LogP contribution is -2.10. The topological polar surface area (TPSA) is 64.8 Å². The van der Waals surface area contributed by atoms with Crippen LogP contribution in [-0.4, -0.2) is 23.2 Å². The predicted octanol–water partition coefficient (Wildman–Crippen LogP) is 3.38. The maximum Gasteiger partial charge on any atom is 0.453 e. The molecule has 0 N–H and O–H groups in total. The van der Waals surface area contributed by atoms with Crippen LogP contribution in [0.5, 0.6) is 0 Å². The number of aryl methyl sites for hydroxylation is 1. The summed E-state index contributed by atoms with van der Waals surface area (Å²) in [4.78, 5) is 2.55. The van der Waals surface area contributed by atoms with Crippen molar-refractivity contribution < 1.29 is 25.5 Å². The summed E-state index contributed by atoms with van der Waals surface area (Å²) in [7, 11) is -5.01. The third-order valence-electron chi connectivity index (χ3n) is 3.20. The summed E-state index contributed by atoms with van der Waals surface area (Å²) in [5.74, 6) is -1.52. The molecule has 0 saturated heterocycles. The normalized spacial score (nSPS) is 12.9. The highest BCUT2D eigenvalue weighted by Gasteiger charge is 2.36. The zero-order valence-corrected chi connectivity index (χ0v) is 13.2. The molecule has 5 nitrogen and oxygen atoms in total.